The van der Waals surface area contributed by atoms with Gasteiger partial charge >= 0.3 is 231 Å². The minimum absolute atomic E-state index is 1.23. The smallest absolute Gasteiger partial charge is 0.0620 e. The molecule has 0 bridgehead atoms. The van der Waals surface area contributed by atoms with Gasteiger partial charge in [-0.05, 0) is 0 Å². The molecular formula is C45H48P2. The van der Waals surface area contributed by atoms with Crippen LogP contribution < -0.4 is 31.8 Å². The van der Waals surface area contributed by atoms with Crippen LogP contribution in [-0.2, 0) is 0 Å². The summed E-state index contributed by atoms with van der Waals surface area (Å²) in [7, 11) is -3.44. The standard InChI is InChI=1S/C45H48P2/c1(2-4-24-38-46(40-26-12-6-13-27-40,41-28-14-7-15-29-41)42-30-16-8-17-31-42)3-5-25-39-47(43-32-18-9-19-33-43,44-34-20-10-21-35-44)45-36-22-11-23-37-45/h6-23,26-37H,1-5,24-25,38-39H2. The molecule has 0 nitrogen and oxygen atoms in total. The maximum atomic E-state index is 2.37. The van der Waals surface area contributed by atoms with Crippen molar-refractivity contribution in [2.75, 3.05) is 12.3 Å². The van der Waals surface area contributed by atoms with E-state index in [4.69, 9.17) is 0 Å². The van der Waals surface area contributed by atoms with Crippen LogP contribution in [0.2, 0.25) is 0 Å². The molecule has 0 aliphatic heterocycles. The van der Waals surface area contributed by atoms with Crippen molar-refractivity contribution in [1.82, 2.24) is 0 Å². The normalized spacial score (nSPS) is 12.1. The van der Waals surface area contributed by atoms with Gasteiger partial charge < -0.3 is 0 Å². The molecule has 0 atom stereocenters. The first-order valence-electron chi connectivity index (χ1n) is 17.4. The van der Waals surface area contributed by atoms with E-state index in [1.807, 2.05) is 0 Å². The van der Waals surface area contributed by atoms with E-state index in [0.717, 1.165) is 0 Å². The molecule has 0 saturated heterocycles. The number of hydrogen-bond donors (Lipinski definition) is 0. The van der Waals surface area contributed by atoms with Gasteiger partial charge in [0.05, 0.1) is 0 Å². The molecule has 0 N–H and O–H groups in total. The Morgan fingerprint density at radius 2 is 0.574 bits per heavy atom. The van der Waals surface area contributed by atoms with E-state index in [-0.39, 0.29) is 0 Å². The quantitative estimate of drug-likeness (QED) is 0.0723. The second-order valence-corrected chi connectivity index (χ2v) is 19.8. The molecule has 0 aliphatic rings. The Hall–Kier alpha value is -3.82. The number of unbranched alkanes of at least 4 members (excludes halogenated alkanes) is 6. The van der Waals surface area contributed by atoms with Gasteiger partial charge in [-0.2, -0.15) is 0 Å². The molecule has 47 heavy (non-hydrogen) atoms. The van der Waals surface area contributed by atoms with Crippen LogP contribution in [0.15, 0.2) is 182 Å². The second kappa shape index (κ2) is 16.8. The van der Waals surface area contributed by atoms with Crippen LogP contribution in [0.5, 0.6) is 0 Å². The van der Waals surface area contributed by atoms with Crippen molar-refractivity contribution in [2.45, 2.75) is 44.9 Å². The fraction of sp³-hybridized carbons (Fsp3) is 0.200. The summed E-state index contributed by atoms with van der Waals surface area (Å²) in [6.07, 6.45) is 11.5. The molecule has 0 aliphatic carbocycles. The maximum absolute atomic E-state index is 2.37. The topological polar surface area (TPSA) is 0 Å². The average Bonchev–Trinajstić information content (AvgIpc) is 3.16. The molecule has 6 rings (SSSR count). The van der Waals surface area contributed by atoms with E-state index in [1.54, 1.807) is 0 Å². The van der Waals surface area contributed by atoms with Gasteiger partial charge in [-0.25, -0.2) is 0 Å². The van der Waals surface area contributed by atoms with Gasteiger partial charge in [-0.15, -0.1) is 0 Å². The summed E-state index contributed by atoms with van der Waals surface area (Å²) in [5.41, 5.74) is 0. The van der Waals surface area contributed by atoms with E-state index in [2.05, 4.69) is 182 Å². The third-order valence-electron chi connectivity index (χ3n) is 9.67. The zero-order valence-electron chi connectivity index (χ0n) is 27.6. The summed E-state index contributed by atoms with van der Waals surface area (Å²) in [5, 5.41) is 9.00. The SMILES string of the molecule is c1ccc([P+](CCCCCCCCC[P-](c2ccccc2)(c2ccccc2)c2ccccc2)(c2ccccc2)c2ccccc2)cc1. The molecular weight excluding hydrogens is 602 g/mol. The minimum Gasteiger partial charge on any atom is -0.0620 e. The molecule has 6 aromatic rings. The van der Waals surface area contributed by atoms with Crippen LogP contribution in [0.4, 0.5) is 0 Å². The molecule has 0 radical (unpaired) electrons. The van der Waals surface area contributed by atoms with Gasteiger partial charge in [-0.3, -0.25) is 0 Å². The van der Waals surface area contributed by atoms with Crippen LogP contribution >= 0.6 is 14.5 Å². The molecule has 0 saturated carbocycles. The summed E-state index contributed by atoms with van der Waals surface area (Å²) in [4.78, 5) is 0. The zero-order valence-corrected chi connectivity index (χ0v) is 29.4. The van der Waals surface area contributed by atoms with Crippen molar-refractivity contribution in [1.29, 1.82) is 0 Å². The Kier molecular flexibility index (Phi) is 11.9. The van der Waals surface area contributed by atoms with Crippen molar-refractivity contribution in [3.63, 3.8) is 0 Å². The number of rotatable bonds is 16. The van der Waals surface area contributed by atoms with Crippen molar-refractivity contribution in [3.05, 3.63) is 182 Å². The van der Waals surface area contributed by atoms with Gasteiger partial charge in [0.2, 0.25) is 0 Å². The second-order valence-electron chi connectivity index (χ2n) is 12.6. The molecule has 0 spiro atoms. The van der Waals surface area contributed by atoms with E-state index >= 15 is 0 Å². The monoisotopic (exact) mass is 650 g/mol. The molecule has 0 aromatic heterocycles. The fourth-order valence-electron chi connectivity index (χ4n) is 7.35. The van der Waals surface area contributed by atoms with E-state index in [1.165, 1.54) is 89.1 Å². The van der Waals surface area contributed by atoms with Gasteiger partial charge in [0, 0.05) is 0 Å². The summed E-state index contributed by atoms with van der Waals surface area (Å²) < 4.78 is 0. The zero-order chi connectivity index (χ0) is 32.0. The molecule has 0 amide bonds. The van der Waals surface area contributed by atoms with E-state index in [0.29, 0.717) is 0 Å². The van der Waals surface area contributed by atoms with E-state index in [9.17, 15) is 0 Å². The average molecular weight is 651 g/mol. The summed E-state index contributed by atoms with van der Waals surface area (Å²) in [6.45, 7) is 0. The van der Waals surface area contributed by atoms with Crippen molar-refractivity contribution >= 4 is 46.4 Å². The van der Waals surface area contributed by atoms with Gasteiger partial charge in [0.25, 0.3) is 0 Å². The molecule has 0 fully saturated rings. The van der Waals surface area contributed by atoms with Crippen LogP contribution in [-0.4, -0.2) is 12.3 Å². The first-order valence-corrected chi connectivity index (χ1v) is 21.4. The van der Waals surface area contributed by atoms with Crippen molar-refractivity contribution < 1.29 is 0 Å². The van der Waals surface area contributed by atoms with Crippen molar-refractivity contribution in [3.8, 4) is 0 Å². The first-order chi connectivity index (χ1) is 23.3. The third-order valence-corrected chi connectivity index (χ3v) is 18.7. The van der Waals surface area contributed by atoms with Crippen LogP contribution in [0.3, 0.4) is 0 Å². The summed E-state index contributed by atoms with van der Waals surface area (Å²) >= 11 is 0. The Bertz CT molecular complexity index is 1400. The van der Waals surface area contributed by atoms with Gasteiger partial charge in [-0.1, -0.05) is 54.6 Å². The summed E-state index contributed by atoms with van der Waals surface area (Å²) in [5.74, 6) is 0. The van der Waals surface area contributed by atoms with Gasteiger partial charge in [0.15, 0.2) is 0 Å². The summed E-state index contributed by atoms with van der Waals surface area (Å²) in [6, 6.07) is 68.0. The number of benzene rings is 6. The fourth-order valence-corrected chi connectivity index (χ4v) is 16.2. The van der Waals surface area contributed by atoms with Gasteiger partial charge in [0.1, 0.15) is 0 Å². The number of hydrogen-bond acceptors (Lipinski definition) is 0. The first kappa shape index (κ1) is 33.1. The molecule has 2 heteroatoms. The molecule has 6 aromatic carbocycles. The Morgan fingerprint density at radius 1 is 0.298 bits per heavy atom. The Balaban J connectivity index is 1.09. The van der Waals surface area contributed by atoms with Crippen LogP contribution in [0, 0.1) is 0 Å². The molecule has 238 valence electrons. The predicted molar refractivity (Wildman–Crippen MR) is 212 cm³/mol. The van der Waals surface area contributed by atoms with Crippen molar-refractivity contribution in [2.24, 2.45) is 0 Å². The minimum atomic E-state index is -1.72. The molecule has 0 unspecified atom stereocenters. The third kappa shape index (κ3) is 7.68. The Labute approximate surface area is 284 Å². The predicted octanol–water partition coefficient (Wildman–Crippen LogP) is 9.71. The van der Waals surface area contributed by atoms with E-state index < -0.39 is 14.5 Å². The molecule has 0 heterocycles. The van der Waals surface area contributed by atoms with Crippen LogP contribution in [0.25, 0.3) is 0 Å². The van der Waals surface area contributed by atoms with Crippen LogP contribution in [0.1, 0.15) is 44.9 Å². The Morgan fingerprint density at radius 3 is 0.915 bits per heavy atom.